The van der Waals surface area contributed by atoms with E-state index in [1.165, 1.54) is 12.1 Å². The Hall–Kier alpha value is -4.00. The number of hydrogen-bond donors (Lipinski definition) is 0. The van der Waals surface area contributed by atoms with Crippen molar-refractivity contribution in [2.75, 3.05) is 0 Å². The molecule has 0 atom stereocenters. The maximum Gasteiger partial charge on any atom is 0.349 e. The lowest BCUT2D eigenvalue weighted by atomic mass is 10.0. The van der Waals surface area contributed by atoms with Crippen molar-refractivity contribution >= 4 is 5.97 Å². The van der Waals surface area contributed by atoms with Crippen molar-refractivity contribution in [1.82, 2.24) is 0 Å². The number of carbonyl (C=O) groups excluding carboxylic acids is 1. The molecule has 0 radical (unpaired) electrons. The fourth-order valence-electron chi connectivity index (χ4n) is 3.14. The minimum absolute atomic E-state index is 0.122. The zero-order valence-electron chi connectivity index (χ0n) is 16.2. The van der Waals surface area contributed by atoms with Crippen LogP contribution in [0.25, 0.3) is 22.3 Å². The molecule has 4 aromatic carbocycles. The first-order valence-corrected chi connectivity index (χ1v) is 9.36. The average molecular weight is 440 g/mol. The Labute approximate surface area is 179 Å². The molecule has 0 aromatic heterocycles. The molecule has 0 unspecified atom stereocenters. The lowest BCUT2D eigenvalue weighted by molar-refractivity contribution is 0.0721. The summed E-state index contributed by atoms with van der Waals surface area (Å²) in [4.78, 5) is 12.0. The number of carbonyl (C=O) groups is 1. The number of esters is 1. The van der Waals surface area contributed by atoms with Crippen LogP contribution in [-0.2, 0) is 0 Å². The van der Waals surface area contributed by atoms with Gasteiger partial charge in [0.25, 0.3) is 0 Å². The van der Waals surface area contributed by atoms with E-state index in [0.29, 0.717) is 0 Å². The van der Waals surface area contributed by atoms with Gasteiger partial charge >= 0.3 is 5.97 Å². The van der Waals surface area contributed by atoms with Crippen molar-refractivity contribution in [3.05, 3.63) is 114 Å². The molecule has 0 heterocycles. The minimum Gasteiger partial charge on any atom is -0.423 e. The first kappa shape index (κ1) is 21.2. The zero-order valence-corrected chi connectivity index (χ0v) is 16.2. The highest BCUT2D eigenvalue weighted by Crippen LogP contribution is 2.28. The maximum absolute atomic E-state index is 13.8. The Kier molecular flexibility index (Phi) is 5.73. The van der Waals surface area contributed by atoms with Crippen LogP contribution in [0, 0.1) is 29.1 Å². The van der Waals surface area contributed by atoms with Crippen LogP contribution in [0.5, 0.6) is 5.75 Å². The van der Waals surface area contributed by atoms with E-state index >= 15 is 0 Å². The molecule has 4 aromatic rings. The molecule has 2 nitrogen and oxygen atoms in total. The largest absolute Gasteiger partial charge is 0.423 e. The van der Waals surface area contributed by atoms with E-state index < -0.39 is 40.6 Å². The summed E-state index contributed by atoms with van der Waals surface area (Å²) < 4.78 is 72.1. The fourth-order valence-corrected chi connectivity index (χ4v) is 3.14. The molecule has 7 heteroatoms. The van der Waals surface area contributed by atoms with Crippen LogP contribution in [-0.4, -0.2) is 5.97 Å². The Balaban J connectivity index is 1.53. The van der Waals surface area contributed by atoms with Crippen LogP contribution in [0.15, 0.2) is 78.9 Å². The van der Waals surface area contributed by atoms with E-state index in [9.17, 15) is 26.7 Å². The van der Waals surface area contributed by atoms with Gasteiger partial charge in [0.2, 0.25) is 5.82 Å². The van der Waals surface area contributed by atoms with Gasteiger partial charge in [-0.1, -0.05) is 66.7 Å². The van der Waals surface area contributed by atoms with Crippen LogP contribution >= 0.6 is 0 Å². The molecule has 0 aliphatic rings. The summed E-state index contributed by atoms with van der Waals surface area (Å²) in [6.45, 7) is 0. The second kappa shape index (κ2) is 8.63. The highest BCUT2D eigenvalue weighted by Gasteiger charge is 2.31. The molecule has 0 saturated carbocycles. The Morgan fingerprint density at radius 3 is 1.34 bits per heavy atom. The maximum atomic E-state index is 13.8. The predicted octanol–water partition coefficient (Wildman–Crippen LogP) is 6.94. The molecule has 32 heavy (non-hydrogen) atoms. The monoisotopic (exact) mass is 440 g/mol. The second-order valence-corrected chi connectivity index (χ2v) is 6.80. The molecule has 0 fully saturated rings. The molecule has 0 spiro atoms. The summed E-state index contributed by atoms with van der Waals surface area (Å²) in [5.74, 6) is -13.1. The van der Waals surface area contributed by atoms with Crippen molar-refractivity contribution in [3.8, 4) is 28.0 Å². The molecule has 4 rings (SSSR count). The molecule has 160 valence electrons. The van der Waals surface area contributed by atoms with Crippen LogP contribution in [0.2, 0.25) is 0 Å². The number of hydrogen-bond acceptors (Lipinski definition) is 2. The van der Waals surface area contributed by atoms with Crippen LogP contribution in [0.1, 0.15) is 10.4 Å². The van der Waals surface area contributed by atoms with Gasteiger partial charge in [-0.2, -0.15) is 0 Å². The summed E-state index contributed by atoms with van der Waals surface area (Å²) in [6, 6.07) is 23.4. The van der Waals surface area contributed by atoms with Crippen LogP contribution < -0.4 is 4.74 Å². The molecule has 0 aliphatic carbocycles. The van der Waals surface area contributed by atoms with Crippen molar-refractivity contribution in [2.45, 2.75) is 0 Å². The van der Waals surface area contributed by atoms with Crippen molar-refractivity contribution in [1.29, 1.82) is 0 Å². The summed E-state index contributed by atoms with van der Waals surface area (Å²) in [6.07, 6.45) is 0. The normalized spacial score (nSPS) is 10.8. The first-order chi connectivity index (χ1) is 15.4. The lowest BCUT2D eigenvalue weighted by Crippen LogP contribution is -2.17. The molecule has 0 amide bonds. The summed E-state index contributed by atoms with van der Waals surface area (Å²) in [5.41, 5.74) is 2.07. The van der Waals surface area contributed by atoms with Gasteiger partial charge in [-0.15, -0.1) is 0 Å². The lowest BCUT2D eigenvalue weighted by Gasteiger charge is -2.09. The summed E-state index contributed by atoms with van der Waals surface area (Å²) in [5, 5.41) is 0. The predicted molar refractivity (Wildman–Crippen MR) is 109 cm³/mol. The Bertz CT molecular complexity index is 1260. The third kappa shape index (κ3) is 3.97. The minimum atomic E-state index is -2.35. The SMILES string of the molecule is O=C(Oc1ccc(-c2ccc(-c3ccccc3)cc2)cc1)c1c(F)c(F)c(F)c(F)c1F. The van der Waals surface area contributed by atoms with E-state index in [-0.39, 0.29) is 5.75 Å². The molecule has 0 saturated heterocycles. The molecule has 0 bridgehead atoms. The standard InChI is InChI=1S/C25H13F5O2/c26-20-19(21(27)23(29)24(30)22(20)28)25(31)32-18-12-10-17(11-13-18)16-8-6-15(7-9-16)14-4-2-1-3-5-14/h1-13H. The van der Waals surface area contributed by atoms with Crippen LogP contribution in [0.3, 0.4) is 0 Å². The average Bonchev–Trinajstić information content (AvgIpc) is 2.83. The van der Waals surface area contributed by atoms with Crippen molar-refractivity contribution in [2.24, 2.45) is 0 Å². The molecule has 0 aliphatic heterocycles. The Morgan fingerprint density at radius 1 is 0.500 bits per heavy atom. The Morgan fingerprint density at radius 2 is 0.875 bits per heavy atom. The molecular formula is C25H13F5O2. The van der Waals surface area contributed by atoms with Crippen molar-refractivity contribution in [3.63, 3.8) is 0 Å². The number of rotatable bonds is 4. The quantitative estimate of drug-likeness (QED) is 0.113. The topological polar surface area (TPSA) is 26.3 Å². The van der Waals surface area contributed by atoms with Crippen molar-refractivity contribution < 1.29 is 31.5 Å². The van der Waals surface area contributed by atoms with Gasteiger partial charge in [-0.05, 0) is 34.4 Å². The third-order valence-electron chi connectivity index (χ3n) is 4.80. The number of halogens is 5. The highest BCUT2D eigenvalue weighted by molar-refractivity contribution is 5.91. The zero-order chi connectivity index (χ0) is 22.8. The van der Waals surface area contributed by atoms with Gasteiger partial charge in [0.15, 0.2) is 23.3 Å². The summed E-state index contributed by atoms with van der Waals surface area (Å²) in [7, 11) is 0. The van der Waals surface area contributed by atoms with E-state index in [1.807, 2.05) is 54.6 Å². The second-order valence-electron chi connectivity index (χ2n) is 6.80. The van der Waals surface area contributed by atoms with Gasteiger partial charge in [0.05, 0.1) is 0 Å². The third-order valence-corrected chi connectivity index (χ3v) is 4.80. The first-order valence-electron chi connectivity index (χ1n) is 9.36. The fraction of sp³-hybridized carbons (Fsp3) is 0. The van der Waals surface area contributed by atoms with Crippen LogP contribution in [0.4, 0.5) is 22.0 Å². The highest BCUT2D eigenvalue weighted by atomic mass is 19.2. The van der Waals surface area contributed by atoms with Gasteiger partial charge in [-0.25, -0.2) is 26.7 Å². The van der Waals surface area contributed by atoms with E-state index in [1.54, 1.807) is 12.1 Å². The van der Waals surface area contributed by atoms with Gasteiger partial charge in [-0.3, -0.25) is 0 Å². The van der Waals surface area contributed by atoms with Gasteiger partial charge in [0.1, 0.15) is 11.3 Å². The summed E-state index contributed by atoms with van der Waals surface area (Å²) >= 11 is 0. The number of benzene rings is 4. The van der Waals surface area contributed by atoms with E-state index in [2.05, 4.69) is 0 Å². The molecule has 0 N–H and O–H groups in total. The van der Waals surface area contributed by atoms with E-state index in [4.69, 9.17) is 4.74 Å². The molecular weight excluding hydrogens is 427 g/mol. The van der Waals surface area contributed by atoms with Gasteiger partial charge in [0, 0.05) is 0 Å². The smallest absolute Gasteiger partial charge is 0.349 e. The van der Waals surface area contributed by atoms with E-state index in [0.717, 1.165) is 22.3 Å². The van der Waals surface area contributed by atoms with Gasteiger partial charge < -0.3 is 4.74 Å². The number of ether oxygens (including phenoxy) is 1.